The monoisotopic (exact) mass is 513 g/mol. The number of aliphatic imine (C=N–C) groups is 1. The van der Waals surface area contributed by atoms with Crippen LogP contribution in [-0.4, -0.2) is 63.3 Å². The SMILES string of the molecule is CN=C(NCc1ccc(N(C)C)c(F)c1)N1CCN(c2ccccc2O)CC1.I. The number of hydrogen-bond donors (Lipinski definition) is 2. The quantitative estimate of drug-likeness (QED) is 0.374. The fourth-order valence-corrected chi connectivity index (χ4v) is 3.43. The van der Waals surface area contributed by atoms with E-state index in [1.165, 1.54) is 0 Å². The highest BCUT2D eigenvalue weighted by Crippen LogP contribution is 2.27. The molecule has 0 aliphatic carbocycles. The zero-order chi connectivity index (χ0) is 20.1. The van der Waals surface area contributed by atoms with Gasteiger partial charge in [0.1, 0.15) is 11.6 Å². The minimum absolute atomic E-state index is 0. The van der Waals surface area contributed by atoms with Crippen LogP contribution in [0.3, 0.4) is 0 Å². The van der Waals surface area contributed by atoms with Crippen LogP contribution >= 0.6 is 24.0 Å². The second-order valence-electron chi connectivity index (χ2n) is 7.04. The zero-order valence-electron chi connectivity index (χ0n) is 17.1. The summed E-state index contributed by atoms with van der Waals surface area (Å²) < 4.78 is 14.2. The van der Waals surface area contributed by atoms with Gasteiger partial charge in [0.05, 0.1) is 11.4 Å². The summed E-state index contributed by atoms with van der Waals surface area (Å²) in [7, 11) is 5.41. The number of halogens is 2. The zero-order valence-corrected chi connectivity index (χ0v) is 19.4. The van der Waals surface area contributed by atoms with Gasteiger partial charge in [-0.3, -0.25) is 4.99 Å². The van der Waals surface area contributed by atoms with Crippen LogP contribution in [0.2, 0.25) is 0 Å². The van der Waals surface area contributed by atoms with E-state index in [2.05, 4.69) is 20.1 Å². The smallest absolute Gasteiger partial charge is 0.194 e. The minimum atomic E-state index is -0.226. The van der Waals surface area contributed by atoms with Gasteiger partial charge in [0.2, 0.25) is 0 Å². The van der Waals surface area contributed by atoms with Crippen molar-refractivity contribution in [1.29, 1.82) is 0 Å². The maximum atomic E-state index is 14.2. The Balaban J connectivity index is 0.00000300. The first-order chi connectivity index (χ1) is 13.5. The van der Waals surface area contributed by atoms with Crippen LogP contribution in [0.5, 0.6) is 5.75 Å². The molecule has 0 unspecified atom stereocenters. The van der Waals surface area contributed by atoms with E-state index in [4.69, 9.17) is 0 Å². The first-order valence-corrected chi connectivity index (χ1v) is 9.44. The Morgan fingerprint density at radius 3 is 2.41 bits per heavy atom. The number of aromatic hydroxyl groups is 1. The van der Waals surface area contributed by atoms with E-state index in [1.54, 1.807) is 30.1 Å². The first-order valence-electron chi connectivity index (χ1n) is 9.44. The van der Waals surface area contributed by atoms with Gasteiger partial charge < -0.3 is 25.1 Å². The lowest BCUT2D eigenvalue weighted by molar-refractivity contribution is 0.369. The molecule has 1 saturated heterocycles. The van der Waals surface area contributed by atoms with Crippen molar-refractivity contribution in [3.63, 3.8) is 0 Å². The average molecular weight is 513 g/mol. The number of rotatable bonds is 4. The number of benzene rings is 2. The lowest BCUT2D eigenvalue weighted by atomic mass is 10.2. The van der Waals surface area contributed by atoms with E-state index < -0.39 is 0 Å². The number of phenolic OH excluding ortho intramolecular Hbond substituents is 1. The summed E-state index contributed by atoms with van der Waals surface area (Å²) in [5.41, 5.74) is 2.31. The number of nitrogens with zero attached hydrogens (tertiary/aromatic N) is 4. The summed E-state index contributed by atoms with van der Waals surface area (Å²) in [6.45, 7) is 3.69. The lowest BCUT2D eigenvalue weighted by Crippen LogP contribution is -2.52. The summed E-state index contributed by atoms with van der Waals surface area (Å²) in [6.07, 6.45) is 0. The maximum Gasteiger partial charge on any atom is 0.194 e. The van der Waals surface area contributed by atoms with E-state index >= 15 is 0 Å². The molecular weight excluding hydrogens is 484 g/mol. The number of phenols is 1. The second kappa shape index (κ2) is 10.5. The Bertz CT molecular complexity index is 838. The Morgan fingerprint density at radius 2 is 1.83 bits per heavy atom. The molecule has 0 saturated carbocycles. The molecule has 1 aliphatic rings. The van der Waals surface area contributed by atoms with Gasteiger partial charge in [0.15, 0.2) is 5.96 Å². The van der Waals surface area contributed by atoms with Crippen LogP contribution < -0.4 is 15.1 Å². The van der Waals surface area contributed by atoms with Crippen molar-refractivity contribution in [2.75, 3.05) is 57.1 Å². The highest BCUT2D eigenvalue weighted by atomic mass is 127. The van der Waals surface area contributed by atoms with Crippen molar-refractivity contribution in [3.05, 3.63) is 53.8 Å². The predicted molar refractivity (Wildman–Crippen MR) is 128 cm³/mol. The van der Waals surface area contributed by atoms with Gasteiger partial charge in [0.25, 0.3) is 0 Å². The Morgan fingerprint density at radius 1 is 1.14 bits per heavy atom. The molecule has 29 heavy (non-hydrogen) atoms. The molecule has 3 rings (SSSR count). The standard InChI is InChI=1S/C21H28FN5O.HI/c1-23-21(24-15-16-8-9-18(25(2)3)17(22)14-16)27-12-10-26(11-13-27)19-6-4-5-7-20(19)28;/h4-9,14,28H,10-13,15H2,1-3H3,(H,23,24);1H. The van der Waals surface area contributed by atoms with Gasteiger partial charge in [-0.05, 0) is 29.8 Å². The summed E-state index contributed by atoms with van der Waals surface area (Å²) in [5, 5.41) is 13.4. The number of guanidine groups is 1. The molecule has 158 valence electrons. The van der Waals surface area contributed by atoms with Crippen LogP contribution in [0.25, 0.3) is 0 Å². The Hall–Kier alpha value is -2.23. The van der Waals surface area contributed by atoms with Gasteiger partial charge in [-0.25, -0.2) is 4.39 Å². The molecule has 0 bridgehead atoms. The van der Waals surface area contributed by atoms with Crippen molar-refractivity contribution in [1.82, 2.24) is 10.2 Å². The second-order valence-corrected chi connectivity index (χ2v) is 7.04. The molecule has 0 amide bonds. The van der Waals surface area contributed by atoms with Crippen LogP contribution in [0.1, 0.15) is 5.56 Å². The third kappa shape index (κ3) is 5.65. The van der Waals surface area contributed by atoms with Crippen molar-refractivity contribution < 1.29 is 9.50 Å². The number of hydrogen-bond acceptors (Lipinski definition) is 4. The van der Waals surface area contributed by atoms with E-state index in [-0.39, 0.29) is 29.8 Å². The normalized spacial score (nSPS) is 14.4. The Kier molecular flexibility index (Phi) is 8.36. The van der Waals surface area contributed by atoms with Gasteiger partial charge in [-0.15, -0.1) is 24.0 Å². The molecule has 0 spiro atoms. The molecule has 1 fully saturated rings. The third-order valence-electron chi connectivity index (χ3n) is 4.96. The summed E-state index contributed by atoms with van der Waals surface area (Å²) in [6, 6.07) is 12.7. The number of para-hydroxylation sites is 2. The highest BCUT2D eigenvalue weighted by molar-refractivity contribution is 14.0. The summed E-state index contributed by atoms with van der Waals surface area (Å²) in [5.74, 6) is 0.881. The largest absolute Gasteiger partial charge is 0.506 e. The topological polar surface area (TPSA) is 54.3 Å². The summed E-state index contributed by atoms with van der Waals surface area (Å²) >= 11 is 0. The molecule has 0 aromatic heterocycles. The van der Waals surface area contributed by atoms with Crippen molar-refractivity contribution in [2.24, 2.45) is 4.99 Å². The molecule has 8 heteroatoms. The van der Waals surface area contributed by atoms with E-state index in [0.29, 0.717) is 18.0 Å². The van der Waals surface area contributed by atoms with Gasteiger partial charge in [-0.2, -0.15) is 0 Å². The fraction of sp³-hybridized carbons (Fsp3) is 0.381. The van der Waals surface area contributed by atoms with Gasteiger partial charge in [-0.1, -0.05) is 18.2 Å². The molecule has 0 atom stereocenters. The van der Waals surface area contributed by atoms with Crippen LogP contribution in [0.4, 0.5) is 15.8 Å². The molecule has 0 radical (unpaired) electrons. The number of nitrogens with one attached hydrogen (secondary N) is 1. The maximum absolute atomic E-state index is 14.2. The predicted octanol–water partition coefficient (Wildman–Crippen LogP) is 3.11. The van der Waals surface area contributed by atoms with Crippen molar-refractivity contribution >= 4 is 41.3 Å². The molecule has 2 aromatic carbocycles. The highest BCUT2D eigenvalue weighted by Gasteiger charge is 2.21. The molecule has 1 heterocycles. The van der Waals surface area contributed by atoms with E-state index in [1.807, 2.05) is 38.4 Å². The Labute approximate surface area is 189 Å². The average Bonchev–Trinajstić information content (AvgIpc) is 2.69. The molecular formula is C21H29FIN5O. The van der Waals surface area contributed by atoms with Gasteiger partial charge in [0, 0.05) is 53.9 Å². The number of piperazine rings is 1. The molecule has 2 aromatic rings. The lowest BCUT2D eigenvalue weighted by Gasteiger charge is -2.37. The van der Waals surface area contributed by atoms with Crippen molar-refractivity contribution in [2.45, 2.75) is 6.54 Å². The molecule has 1 aliphatic heterocycles. The third-order valence-corrected chi connectivity index (χ3v) is 4.96. The minimum Gasteiger partial charge on any atom is -0.506 e. The van der Waals surface area contributed by atoms with Crippen LogP contribution in [-0.2, 0) is 6.54 Å². The first kappa shape index (κ1) is 23.1. The van der Waals surface area contributed by atoms with E-state index in [0.717, 1.165) is 43.4 Å². The van der Waals surface area contributed by atoms with E-state index in [9.17, 15) is 9.50 Å². The molecule has 2 N–H and O–H groups in total. The van der Waals surface area contributed by atoms with Gasteiger partial charge >= 0.3 is 0 Å². The summed E-state index contributed by atoms with van der Waals surface area (Å²) in [4.78, 5) is 10.5. The van der Waals surface area contributed by atoms with Crippen LogP contribution in [0, 0.1) is 5.82 Å². The fourth-order valence-electron chi connectivity index (χ4n) is 3.43. The van der Waals surface area contributed by atoms with Crippen molar-refractivity contribution in [3.8, 4) is 5.75 Å². The molecule has 6 nitrogen and oxygen atoms in total. The van der Waals surface area contributed by atoms with Crippen LogP contribution in [0.15, 0.2) is 47.5 Å². The number of anilines is 2.